The Hall–Kier alpha value is -1.39. The molecule has 0 aliphatic heterocycles. The Balaban J connectivity index is 2.17. The first kappa shape index (κ1) is 13.6. The summed E-state index contributed by atoms with van der Waals surface area (Å²) in [5.74, 6) is 0.0225. The number of carbonyl (C=O) groups excluding carboxylic acids is 1. The summed E-state index contributed by atoms with van der Waals surface area (Å²) in [6, 6.07) is 18.9. The summed E-state index contributed by atoms with van der Waals surface area (Å²) in [5, 5.41) is 2.47. The monoisotopic (exact) mass is 392 g/mol. The van der Waals surface area contributed by atoms with Crippen molar-refractivity contribution in [1.82, 2.24) is 0 Å². The van der Waals surface area contributed by atoms with Gasteiger partial charge < -0.3 is 0 Å². The van der Waals surface area contributed by atoms with E-state index in [-0.39, 0.29) is 5.78 Å². The second-order valence-corrected chi connectivity index (χ2v) is 6.13. The van der Waals surface area contributed by atoms with Gasteiger partial charge in [0.1, 0.15) is 0 Å². The lowest BCUT2D eigenvalue weighted by Crippen LogP contribution is -2.02. The van der Waals surface area contributed by atoms with Crippen molar-refractivity contribution >= 4 is 50.7 Å². The normalized spacial score (nSPS) is 10.7. The molecule has 0 bridgehead atoms. The Morgan fingerprint density at radius 1 is 0.850 bits per heavy atom. The smallest absolute Gasteiger partial charge is 0.193 e. The largest absolute Gasteiger partial charge is 0.289 e. The molecule has 3 aromatic rings. The quantitative estimate of drug-likeness (QED) is 0.426. The standard InChI is InChI=1S/C17H10ClIO/c18-16-10-9-15(13-3-1-2-4-14(13)16)17(20)11-5-7-12(19)8-6-11/h1-10H. The summed E-state index contributed by atoms with van der Waals surface area (Å²) in [6.07, 6.45) is 0. The Morgan fingerprint density at radius 3 is 2.20 bits per heavy atom. The molecule has 0 aromatic heterocycles. The van der Waals surface area contributed by atoms with Crippen LogP contribution in [-0.4, -0.2) is 5.78 Å². The van der Waals surface area contributed by atoms with E-state index in [2.05, 4.69) is 22.6 Å². The minimum Gasteiger partial charge on any atom is -0.289 e. The van der Waals surface area contributed by atoms with Gasteiger partial charge in [0, 0.05) is 25.1 Å². The van der Waals surface area contributed by atoms with Crippen molar-refractivity contribution < 1.29 is 4.79 Å². The number of rotatable bonds is 2. The molecule has 0 fully saturated rings. The highest BCUT2D eigenvalue weighted by Gasteiger charge is 2.13. The van der Waals surface area contributed by atoms with Gasteiger partial charge in [-0.15, -0.1) is 0 Å². The lowest BCUT2D eigenvalue weighted by molar-refractivity contribution is 0.104. The molecule has 0 aliphatic rings. The molecule has 0 atom stereocenters. The molecule has 0 radical (unpaired) electrons. The Kier molecular flexibility index (Phi) is 3.76. The van der Waals surface area contributed by atoms with Crippen LogP contribution in [0.25, 0.3) is 10.8 Å². The predicted octanol–water partition coefficient (Wildman–Crippen LogP) is 5.33. The lowest BCUT2D eigenvalue weighted by Gasteiger charge is -2.07. The Labute approximate surface area is 135 Å². The van der Waals surface area contributed by atoms with E-state index in [0.717, 1.165) is 14.3 Å². The van der Waals surface area contributed by atoms with Gasteiger partial charge >= 0.3 is 0 Å². The first-order chi connectivity index (χ1) is 9.66. The molecule has 0 saturated carbocycles. The summed E-state index contributed by atoms with van der Waals surface area (Å²) in [5.41, 5.74) is 1.38. The van der Waals surface area contributed by atoms with Crippen molar-refractivity contribution in [3.05, 3.63) is 80.4 Å². The molecule has 3 aromatic carbocycles. The third-order valence-electron chi connectivity index (χ3n) is 3.22. The van der Waals surface area contributed by atoms with Gasteiger partial charge in [0.05, 0.1) is 0 Å². The number of carbonyl (C=O) groups is 1. The van der Waals surface area contributed by atoms with E-state index in [4.69, 9.17) is 11.6 Å². The third kappa shape index (κ3) is 2.45. The van der Waals surface area contributed by atoms with Crippen molar-refractivity contribution in [1.29, 1.82) is 0 Å². The van der Waals surface area contributed by atoms with Gasteiger partial charge in [-0.25, -0.2) is 0 Å². The van der Waals surface area contributed by atoms with Crippen molar-refractivity contribution in [3.63, 3.8) is 0 Å². The molecule has 0 spiro atoms. The van der Waals surface area contributed by atoms with Gasteiger partial charge in [-0.05, 0) is 64.4 Å². The van der Waals surface area contributed by atoms with E-state index in [0.29, 0.717) is 16.1 Å². The van der Waals surface area contributed by atoms with E-state index in [1.165, 1.54) is 0 Å². The van der Waals surface area contributed by atoms with Crippen LogP contribution < -0.4 is 0 Å². The fourth-order valence-corrected chi connectivity index (χ4v) is 2.80. The Morgan fingerprint density at radius 2 is 1.50 bits per heavy atom. The zero-order valence-electron chi connectivity index (χ0n) is 10.4. The molecule has 3 rings (SSSR count). The van der Waals surface area contributed by atoms with Crippen LogP contribution in [0.2, 0.25) is 5.02 Å². The van der Waals surface area contributed by atoms with E-state index >= 15 is 0 Å². The highest BCUT2D eigenvalue weighted by Crippen LogP contribution is 2.28. The zero-order valence-corrected chi connectivity index (χ0v) is 13.4. The van der Waals surface area contributed by atoms with Crippen LogP contribution in [0.3, 0.4) is 0 Å². The molecule has 0 unspecified atom stereocenters. The molecule has 98 valence electrons. The van der Waals surface area contributed by atoms with Crippen LogP contribution in [0.4, 0.5) is 0 Å². The van der Waals surface area contributed by atoms with Gasteiger partial charge in [0.25, 0.3) is 0 Å². The highest BCUT2D eigenvalue weighted by molar-refractivity contribution is 14.1. The van der Waals surface area contributed by atoms with Crippen molar-refractivity contribution in [2.45, 2.75) is 0 Å². The van der Waals surface area contributed by atoms with Crippen molar-refractivity contribution in [2.75, 3.05) is 0 Å². The minimum atomic E-state index is 0.0225. The van der Waals surface area contributed by atoms with Crippen molar-refractivity contribution in [3.8, 4) is 0 Å². The average molecular weight is 393 g/mol. The van der Waals surface area contributed by atoms with Crippen LogP contribution in [0.1, 0.15) is 15.9 Å². The molecule has 0 N–H and O–H groups in total. The van der Waals surface area contributed by atoms with Crippen molar-refractivity contribution in [2.24, 2.45) is 0 Å². The van der Waals surface area contributed by atoms with Crippen LogP contribution in [0, 0.1) is 3.57 Å². The van der Waals surface area contributed by atoms with Gasteiger partial charge in [0.15, 0.2) is 5.78 Å². The maximum Gasteiger partial charge on any atom is 0.193 e. The van der Waals surface area contributed by atoms with E-state index in [1.807, 2.05) is 48.5 Å². The molecule has 20 heavy (non-hydrogen) atoms. The number of ketones is 1. The topological polar surface area (TPSA) is 17.1 Å². The number of hydrogen-bond acceptors (Lipinski definition) is 1. The second-order valence-electron chi connectivity index (χ2n) is 4.48. The Bertz CT molecular complexity index is 794. The fraction of sp³-hybridized carbons (Fsp3) is 0. The summed E-state index contributed by atoms with van der Waals surface area (Å²) in [4.78, 5) is 12.6. The second kappa shape index (κ2) is 5.54. The molecule has 0 amide bonds. The summed E-state index contributed by atoms with van der Waals surface area (Å²) < 4.78 is 1.11. The van der Waals surface area contributed by atoms with E-state index in [9.17, 15) is 4.79 Å². The average Bonchev–Trinajstić information content (AvgIpc) is 2.48. The molecule has 1 nitrogen and oxygen atoms in total. The number of halogens is 2. The van der Waals surface area contributed by atoms with Crippen LogP contribution >= 0.6 is 34.2 Å². The summed E-state index contributed by atoms with van der Waals surface area (Å²) >= 11 is 8.41. The number of benzene rings is 3. The molecular formula is C17H10ClIO. The number of fused-ring (bicyclic) bond motifs is 1. The highest BCUT2D eigenvalue weighted by atomic mass is 127. The van der Waals surface area contributed by atoms with Gasteiger partial charge in [-0.1, -0.05) is 35.9 Å². The van der Waals surface area contributed by atoms with E-state index < -0.39 is 0 Å². The first-order valence-corrected chi connectivity index (χ1v) is 7.60. The maximum absolute atomic E-state index is 12.6. The number of hydrogen-bond donors (Lipinski definition) is 0. The molecule has 0 saturated heterocycles. The summed E-state index contributed by atoms with van der Waals surface area (Å²) in [7, 11) is 0. The zero-order chi connectivity index (χ0) is 14.1. The molecular weight excluding hydrogens is 383 g/mol. The van der Waals surface area contributed by atoms with Gasteiger partial charge in [-0.2, -0.15) is 0 Å². The minimum absolute atomic E-state index is 0.0225. The molecule has 3 heteroatoms. The molecule has 0 aliphatic carbocycles. The van der Waals surface area contributed by atoms with Crippen LogP contribution in [0.5, 0.6) is 0 Å². The lowest BCUT2D eigenvalue weighted by atomic mass is 9.97. The summed E-state index contributed by atoms with van der Waals surface area (Å²) in [6.45, 7) is 0. The van der Waals surface area contributed by atoms with Gasteiger partial charge in [-0.3, -0.25) is 4.79 Å². The predicted molar refractivity (Wildman–Crippen MR) is 91.5 cm³/mol. The van der Waals surface area contributed by atoms with E-state index in [1.54, 1.807) is 12.1 Å². The van der Waals surface area contributed by atoms with Crippen LogP contribution in [-0.2, 0) is 0 Å². The SMILES string of the molecule is O=C(c1ccc(I)cc1)c1ccc(Cl)c2ccccc12. The molecule has 0 heterocycles. The van der Waals surface area contributed by atoms with Crippen LogP contribution in [0.15, 0.2) is 60.7 Å². The first-order valence-electron chi connectivity index (χ1n) is 6.14. The third-order valence-corrected chi connectivity index (χ3v) is 4.27. The fourth-order valence-electron chi connectivity index (χ4n) is 2.22. The van der Waals surface area contributed by atoms with Gasteiger partial charge in [0.2, 0.25) is 0 Å². The maximum atomic E-state index is 12.6.